The van der Waals surface area contributed by atoms with Crippen LogP contribution in [0.15, 0.2) is 52.6 Å². The van der Waals surface area contributed by atoms with E-state index in [0.717, 1.165) is 16.8 Å². The van der Waals surface area contributed by atoms with Crippen LogP contribution in [0.2, 0.25) is 0 Å². The molecular formula is C26H27N5O4S2. The lowest BCUT2D eigenvalue weighted by atomic mass is 10.0. The van der Waals surface area contributed by atoms with Gasteiger partial charge < -0.3 is 10.1 Å². The van der Waals surface area contributed by atoms with Gasteiger partial charge in [0.05, 0.1) is 18.1 Å². The van der Waals surface area contributed by atoms with Crippen LogP contribution in [-0.2, 0) is 21.4 Å². The molecule has 11 heteroatoms. The molecule has 3 aromatic rings. The number of aliphatic imine (C=N–C) groups is 1. The van der Waals surface area contributed by atoms with Crippen LogP contribution in [0.25, 0.3) is 17.2 Å². The fourth-order valence-electron chi connectivity index (χ4n) is 3.81. The number of thiophene rings is 1. The number of hydrogen-bond acceptors (Lipinski definition) is 8. The zero-order valence-corrected chi connectivity index (χ0v) is 22.6. The lowest BCUT2D eigenvalue weighted by Crippen LogP contribution is -2.31. The first-order chi connectivity index (χ1) is 17.8. The van der Waals surface area contributed by atoms with Gasteiger partial charge in [0.15, 0.2) is 5.17 Å². The summed E-state index contributed by atoms with van der Waals surface area (Å²) in [5.74, 6) is -1.01. The number of anilines is 1. The predicted octanol–water partition coefficient (Wildman–Crippen LogP) is 4.56. The first-order valence-corrected chi connectivity index (χ1v) is 13.6. The van der Waals surface area contributed by atoms with Crippen molar-refractivity contribution in [1.29, 1.82) is 0 Å². The number of likely N-dealkylation sites (N-methyl/N-ethyl adjacent to an activating group) is 1. The summed E-state index contributed by atoms with van der Waals surface area (Å²) in [6.07, 6.45) is 3.54. The molecule has 0 radical (unpaired) electrons. The van der Waals surface area contributed by atoms with E-state index in [2.05, 4.69) is 15.4 Å². The molecule has 37 heavy (non-hydrogen) atoms. The van der Waals surface area contributed by atoms with Crippen LogP contribution >= 0.6 is 23.1 Å². The highest BCUT2D eigenvalue weighted by atomic mass is 32.2. The van der Waals surface area contributed by atoms with E-state index in [1.165, 1.54) is 28.0 Å². The number of carbonyl (C=O) groups excluding carboxylic acids is 3. The van der Waals surface area contributed by atoms with Gasteiger partial charge >= 0.3 is 5.97 Å². The van der Waals surface area contributed by atoms with Gasteiger partial charge in [-0.3, -0.25) is 19.2 Å². The molecule has 4 rings (SSSR count). The molecule has 0 spiro atoms. The van der Waals surface area contributed by atoms with Crippen molar-refractivity contribution in [3.05, 3.63) is 64.4 Å². The Hall–Kier alpha value is -3.70. The minimum atomic E-state index is -0.492. The molecule has 1 aromatic carbocycles. The zero-order valence-electron chi connectivity index (χ0n) is 21.0. The summed E-state index contributed by atoms with van der Waals surface area (Å²) in [4.78, 5) is 44.5. The number of rotatable bonds is 8. The zero-order chi connectivity index (χ0) is 26.5. The van der Waals surface area contributed by atoms with Crippen LogP contribution < -0.4 is 5.32 Å². The first-order valence-electron chi connectivity index (χ1n) is 11.7. The maximum Gasteiger partial charge on any atom is 0.341 e. The lowest BCUT2D eigenvalue weighted by Gasteiger charge is -2.14. The van der Waals surface area contributed by atoms with Crippen molar-refractivity contribution in [2.45, 2.75) is 20.8 Å². The molecule has 1 aliphatic rings. The van der Waals surface area contributed by atoms with Crippen LogP contribution in [0.4, 0.5) is 5.00 Å². The Morgan fingerprint density at radius 1 is 1.22 bits per heavy atom. The summed E-state index contributed by atoms with van der Waals surface area (Å²) in [6.45, 7) is 6.11. The van der Waals surface area contributed by atoms with Crippen molar-refractivity contribution in [2.24, 2.45) is 12.0 Å². The topological polar surface area (TPSA) is 106 Å². The van der Waals surface area contributed by atoms with Gasteiger partial charge in [0.1, 0.15) is 16.3 Å². The van der Waals surface area contributed by atoms with Crippen molar-refractivity contribution in [2.75, 3.05) is 24.2 Å². The molecule has 1 aliphatic heterocycles. The molecule has 9 nitrogen and oxygen atoms in total. The van der Waals surface area contributed by atoms with E-state index >= 15 is 0 Å². The minimum Gasteiger partial charge on any atom is -0.462 e. The number of amidine groups is 1. The second kappa shape index (κ2) is 11.6. The summed E-state index contributed by atoms with van der Waals surface area (Å²) in [5, 5.41) is 9.85. The maximum atomic E-state index is 12.9. The number of thioether (sulfide) groups is 1. The van der Waals surface area contributed by atoms with Crippen LogP contribution in [0.5, 0.6) is 0 Å². The summed E-state index contributed by atoms with van der Waals surface area (Å²) in [5.41, 5.74) is 3.80. The molecule has 0 saturated heterocycles. The molecule has 3 heterocycles. The van der Waals surface area contributed by atoms with E-state index in [-0.39, 0.29) is 24.2 Å². The number of aromatic nitrogens is 2. The van der Waals surface area contributed by atoms with E-state index in [1.807, 2.05) is 62.8 Å². The number of hydrogen-bond donors (Lipinski definition) is 1. The fourth-order valence-corrected chi connectivity index (χ4v) is 5.64. The maximum absolute atomic E-state index is 12.9. The van der Waals surface area contributed by atoms with Crippen LogP contribution in [-0.4, -0.2) is 56.5 Å². The number of amides is 2. The first kappa shape index (κ1) is 26.4. The Balaban J connectivity index is 1.50. The third kappa shape index (κ3) is 5.83. The molecule has 0 fully saturated rings. The Morgan fingerprint density at radius 2 is 1.97 bits per heavy atom. The summed E-state index contributed by atoms with van der Waals surface area (Å²) >= 11 is 2.44. The molecule has 1 N–H and O–H groups in total. The lowest BCUT2D eigenvalue weighted by molar-refractivity contribution is -0.122. The largest absolute Gasteiger partial charge is 0.462 e. The van der Waals surface area contributed by atoms with Crippen LogP contribution in [0.1, 0.15) is 35.5 Å². The molecule has 0 atom stereocenters. The van der Waals surface area contributed by atoms with E-state index < -0.39 is 5.97 Å². The van der Waals surface area contributed by atoms with Gasteiger partial charge in [0.25, 0.3) is 5.91 Å². The van der Waals surface area contributed by atoms with Gasteiger partial charge in [-0.2, -0.15) is 5.10 Å². The number of nitrogens with zero attached hydrogens (tertiary/aromatic N) is 4. The average molecular weight is 538 g/mol. The number of carbonyl (C=O) groups is 3. The molecule has 192 valence electrons. The van der Waals surface area contributed by atoms with Crippen molar-refractivity contribution in [3.63, 3.8) is 0 Å². The average Bonchev–Trinajstić information content (AvgIpc) is 3.53. The Kier molecular flexibility index (Phi) is 8.24. The quantitative estimate of drug-likeness (QED) is 0.333. The minimum absolute atomic E-state index is 0.0165. The monoisotopic (exact) mass is 537 g/mol. The highest BCUT2D eigenvalue weighted by molar-refractivity contribution is 8.14. The molecular weight excluding hydrogens is 510 g/mol. The highest BCUT2D eigenvalue weighted by Crippen LogP contribution is 2.36. The SMILES string of the molecule is CCOC(=O)c1c(-c2ccccc2)csc1NC(=O)CSC1=NC(=Cc2cn(C)nc2C)C(=O)N1CC. The second-order valence-corrected chi connectivity index (χ2v) is 9.92. The molecule has 0 unspecified atom stereocenters. The van der Waals surface area contributed by atoms with E-state index in [4.69, 9.17) is 4.74 Å². The van der Waals surface area contributed by atoms with Crippen molar-refractivity contribution >= 4 is 57.1 Å². The molecule has 2 aromatic heterocycles. The third-order valence-corrected chi connectivity index (χ3v) is 7.38. The number of nitrogens with one attached hydrogen (secondary N) is 1. The third-order valence-electron chi connectivity index (χ3n) is 5.51. The summed E-state index contributed by atoms with van der Waals surface area (Å²) in [6, 6.07) is 9.47. The van der Waals surface area contributed by atoms with Crippen molar-refractivity contribution in [1.82, 2.24) is 14.7 Å². The number of aryl methyl sites for hydroxylation is 2. The van der Waals surface area contributed by atoms with Crippen molar-refractivity contribution < 1.29 is 19.1 Å². The van der Waals surface area contributed by atoms with E-state index in [9.17, 15) is 14.4 Å². The van der Waals surface area contributed by atoms with Gasteiger partial charge in [-0.05, 0) is 32.4 Å². The van der Waals surface area contributed by atoms with Gasteiger partial charge in [0.2, 0.25) is 5.91 Å². The Bertz CT molecular complexity index is 1390. The van der Waals surface area contributed by atoms with Crippen LogP contribution in [0.3, 0.4) is 0 Å². The number of esters is 1. The molecule has 0 saturated carbocycles. The highest BCUT2D eigenvalue weighted by Gasteiger charge is 2.30. The van der Waals surface area contributed by atoms with E-state index in [0.29, 0.717) is 33.5 Å². The number of benzene rings is 1. The van der Waals surface area contributed by atoms with Crippen LogP contribution in [0, 0.1) is 6.92 Å². The number of ether oxygens (including phenoxy) is 1. The van der Waals surface area contributed by atoms with Crippen molar-refractivity contribution in [3.8, 4) is 11.1 Å². The van der Waals surface area contributed by atoms with Gasteiger partial charge in [0, 0.05) is 36.3 Å². The Morgan fingerprint density at radius 3 is 2.62 bits per heavy atom. The Labute approximate surface area is 223 Å². The molecule has 0 aliphatic carbocycles. The summed E-state index contributed by atoms with van der Waals surface area (Å²) < 4.78 is 6.94. The predicted molar refractivity (Wildman–Crippen MR) is 148 cm³/mol. The molecule has 2 amide bonds. The van der Waals surface area contributed by atoms with Gasteiger partial charge in [-0.15, -0.1) is 11.3 Å². The smallest absolute Gasteiger partial charge is 0.341 e. The summed E-state index contributed by atoms with van der Waals surface area (Å²) in [7, 11) is 1.82. The fraction of sp³-hybridized carbons (Fsp3) is 0.269. The molecule has 0 bridgehead atoms. The standard InChI is InChI=1S/C26H27N5O4S2/c1-5-31-24(33)20(12-18-13-30(4)29-16(18)3)27-26(31)37-15-21(32)28-23-22(25(34)35-6-2)19(14-36-23)17-10-8-7-9-11-17/h7-14H,5-6,15H2,1-4H3,(H,28,32). The second-order valence-electron chi connectivity index (χ2n) is 8.09. The van der Waals surface area contributed by atoms with Gasteiger partial charge in [-0.1, -0.05) is 42.1 Å². The van der Waals surface area contributed by atoms with Gasteiger partial charge in [-0.25, -0.2) is 9.79 Å². The van der Waals surface area contributed by atoms with E-state index in [1.54, 1.807) is 17.7 Å². The normalized spacial score (nSPS) is 14.3.